The maximum atomic E-state index is 12.5. The second-order valence-corrected chi connectivity index (χ2v) is 5.57. The molecule has 1 aromatic heterocycles. The Bertz CT molecular complexity index is 430. The lowest BCUT2D eigenvalue weighted by Crippen LogP contribution is -2.39. The number of carbonyl (C=O) groups excluding carboxylic acids is 2. The van der Waals surface area contributed by atoms with Crippen LogP contribution < -0.4 is 0 Å². The SMILES string of the molecule is CCN(CC)CCN(CCC(=O)OC)C(=O)c1cccs1. The van der Waals surface area contributed by atoms with Crippen LogP contribution in [0.4, 0.5) is 0 Å². The summed E-state index contributed by atoms with van der Waals surface area (Å²) in [7, 11) is 1.36. The minimum Gasteiger partial charge on any atom is -0.469 e. The van der Waals surface area contributed by atoms with E-state index in [4.69, 9.17) is 0 Å². The van der Waals surface area contributed by atoms with Gasteiger partial charge < -0.3 is 14.5 Å². The number of amides is 1. The number of thiophene rings is 1. The molecule has 0 aliphatic carbocycles. The highest BCUT2D eigenvalue weighted by Gasteiger charge is 2.18. The van der Waals surface area contributed by atoms with Crippen LogP contribution in [0.5, 0.6) is 0 Å². The van der Waals surface area contributed by atoms with Crippen molar-refractivity contribution in [2.24, 2.45) is 0 Å². The van der Waals surface area contributed by atoms with Crippen LogP contribution in [0.3, 0.4) is 0 Å². The van der Waals surface area contributed by atoms with Gasteiger partial charge in [0.15, 0.2) is 0 Å². The zero-order valence-electron chi connectivity index (χ0n) is 13.0. The number of nitrogens with zero attached hydrogens (tertiary/aromatic N) is 2. The van der Waals surface area contributed by atoms with Gasteiger partial charge in [-0.05, 0) is 24.5 Å². The summed E-state index contributed by atoms with van der Waals surface area (Å²) in [6.45, 7) is 7.93. The van der Waals surface area contributed by atoms with Crippen molar-refractivity contribution in [1.82, 2.24) is 9.80 Å². The van der Waals surface area contributed by atoms with Crippen LogP contribution in [-0.2, 0) is 9.53 Å². The van der Waals surface area contributed by atoms with E-state index in [2.05, 4.69) is 23.5 Å². The summed E-state index contributed by atoms with van der Waals surface area (Å²) >= 11 is 1.42. The average molecular weight is 312 g/mol. The van der Waals surface area contributed by atoms with E-state index >= 15 is 0 Å². The predicted molar refractivity (Wildman–Crippen MR) is 84.6 cm³/mol. The van der Waals surface area contributed by atoms with Crippen LogP contribution >= 0.6 is 11.3 Å². The first-order valence-electron chi connectivity index (χ1n) is 7.24. The van der Waals surface area contributed by atoms with Crippen molar-refractivity contribution in [3.63, 3.8) is 0 Å². The second-order valence-electron chi connectivity index (χ2n) is 4.62. The number of likely N-dealkylation sites (N-methyl/N-ethyl adjacent to an activating group) is 1. The lowest BCUT2D eigenvalue weighted by molar-refractivity contribution is -0.140. The second kappa shape index (κ2) is 9.52. The third-order valence-electron chi connectivity index (χ3n) is 3.41. The number of rotatable bonds is 9. The number of hydrogen-bond acceptors (Lipinski definition) is 5. The van der Waals surface area contributed by atoms with E-state index in [1.807, 2.05) is 17.5 Å². The Hall–Kier alpha value is -1.40. The summed E-state index contributed by atoms with van der Waals surface area (Å²) in [6.07, 6.45) is 0.228. The first kappa shape index (κ1) is 17.7. The number of methoxy groups -OCH3 is 1. The van der Waals surface area contributed by atoms with Gasteiger partial charge in [0.2, 0.25) is 0 Å². The molecule has 0 N–H and O–H groups in total. The maximum absolute atomic E-state index is 12.5. The molecule has 0 aliphatic rings. The number of esters is 1. The van der Waals surface area contributed by atoms with Crippen molar-refractivity contribution in [1.29, 1.82) is 0 Å². The molecule has 6 heteroatoms. The Morgan fingerprint density at radius 3 is 2.43 bits per heavy atom. The zero-order chi connectivity index (χ0) is 15.7. The van der Waals surface area contributed by atoms with E-state index in [-0.39, 0.29) is 18.3 Å². The van der Waals surface area contributed by atoms with Crippen LogP contribution in [0.1, 0.15) is 29.9 Å². The monoisotopic (exact) mass is 312 g/mol. The fourth-order valence-corrected chi connectivity index (χ4v) is 2.69. The van der Waals surface area contributed by atoms with E-state index < -0.39 is 0 Å². The Balaban J connectivity index is 2.65. The minimum atomic E-state index is -0.290. The van der Waals surface area contributed by atoms with Gasteiger partial charge in [0.1, 0.15) is 0 Å². The molecule has 0 spiro atoms. The van der Waals surface area contributed by atoms with Gasteiger partial charge in [0.05, 0.1) is 18.4 Å². The van der Waals surface area contributed by atoms with E-state index in [1.54, 1.807) is 4.90 Å². The molecule has 118 valence electrons. The van der Waals surface area contributed by atoms with Crippen LogP contribution in [0.15, 0.2) is 17.5 Å². The molecule has 0 atom stereocenters. The molecule has 0 aliphatic heterocycles. The van der Waals surface area contributed by atoms with Crippen molar-refractivity contribution >= 4 is 23.2 Å². The fourth-order valence-electron chi connectivity index (χ4n) is 2.00. The summed E-state index contributed by atoms with van der Waals surface area (Å²) in [5.41, 5.74) is 0. The maximum Gasteiger partial charge on any atom is 0.307 e. The summed E-state index contributed by atoms with van der Waals surface area (Å²) < 4.78 is 4.65. The van der Waals surface area contributed by atoms with Crippen molar-refractivity contribution < 1.29 is 14.3 Å². The summed E-state index contributed by atoms with van der Waals surface area (Å²) in [5.74, 6) is -0.303. The Morgan fingerprint density at radius 1 is 1.19 bits per heavy atom. The van der Waals surface area contributed by atoms with Gasteiger partial charge in [0.25, 0.3) is 5.91 Å². The third kappa shape index (κ3) is 5.85. The average Bonchev–Trinajstić information content (AvgIpc) is 3.04. The van der Waals surface area contributed by atoms with E-state index in [0.717, 1.165) is 19.6 Å². The molecular weight excluding hydrogens is 288 g/mol. The number of hydrogen-bond donors (Lipinski definition) is 0. The van der Waals surface area contributed by atoms with Crippen LogP contribution in [0.25, 0.3) is 0 Å². The molecule has 1 heterocycles. The molecule has 0 saturated carbocycles. The smallest absolute Gasteiger partial charge is 0.307 e. The van der Waals surface area contributed by atoms with Crippen LogP contribution in [0, 0.1) is 0 Å². The van der Waals surface area contributed by atoms with Crippen LogP contribution in [-0.4, -0.2) is 61.5 Å². The topological polar surface area (TPSA) is 49.9 Å². The highest BCUT2D eigenvalue weighted by atomic mass is 32.1. The number of ether oxygens (including phenoxy) is 1. The van der Waals surface area contributed by atoms with Crippen molar-refractivity contribution in [2.45, 2.75) is 20.3 Å². The molecular formula is C15H24N2O3S. The Labute approximate surface area is 130 Å². The van der Waals surface area contributed by atoms with Crippen molar-refractivity contribution in [3.05, 3.63) is 22.4 Å². The standard InChI is InChI=1S/C15H24N2O3S/c1-4-16(5-2)10-11-17(9-8-14(18)20-3)15(19)13-7-6-12-21-13/h6-7,12H,4-5,8-11H2,1-3H3. The van der Waals surface area contributed by atoms with Gasteiger partial charge >= 0.3 is 5.97 Å². The normalized spacial score (nSPS) is 10.7. The molecule has 0 unspecified atom stereocenters. The molecule has 5 nitrogen and oxygen atoms in total. The number of carbonyl (C=O) groups is 2. The summed E-state index contributed by atoms with van der Waals surface area (Å²) in [6, 6.07) is 3.68. The molecule has 1 amide bonds. The lowest BCUT2D eigenvalue weighted by Gasteiger charge is -2.26. The van der Waals surface area contributed by atoms with E-state index in [0.29, 0.717) is 18.0 Å². The largest absolute Gasteiger partial charge is 0.469 e. The van der Waals surface area contributed by atoms with E-state index in [9.17, 15) is 9.59 Å². The molecule has 0 bridgehead atoms. The Kier molecular flexibility index (Phi) is 8.00. The predicted octanol–water partition coefficient (Wildman–Crippen LogP) is 2.10. The minimum absolute atomic E-state index is 0.0129. The third-order valence-corrected chi connectivity index (χ3v) is 4.27. The summed E-state index contributed by atoms with van der Waals surface area (Å²) in [4.78, 5) is 28.5. The van der Waals surface area contributed by atoms with Gasteiger partial charge in [-0.15, -0.1) is 11.3 Å². The van der Waals surface area contributed by atoms with Crippen molar-refractivity contribution in [3.8, 4) is 0 Å². The molecule has 1 rings (SSSR count). The highest BCUT2D eigenvalue weighted by molar-refractivity contribution is 7.12. The molecule has 0 saturated heterocycles. The van der Waals surface area contributed by atoms with Crippen LogP contribution in [0.2, 0.25) is 0 Å². The highest BCUT2D eigenvalue weighted by Crippen LogP contribution is 2.12. The van der Waals surface area contributed by atoms with Crippen molar-refractivity contribution in [2.75, 3.05) is 39.8 Å². The molecule has 0 fully saturated rings. The Morgan fingerprint density at radius 2 is 1.90 bits per heavy atom. The molecule has 21 heavy (non-hydrogen) atoms. The fraction of sp³-hybridized carbons (Fsp3) is 0.600. The first-order valence-corrected chi connectivity index (χ1v) is 8.12. The van der Waals surface area contributed by atoms with Gasteiger partial charge in [-0.1, -0.05) is 19.9 Å². The molecule has 0 radical (unpaired) electrons. The van der Waals surface area contributed by atoms with Gasteiger partial charge in [-0.3, -0.25) is 9.59 Å². The van der Waals surface area contributed by atoms with Gasteiger partial charge in [-0.25, -0.2) is 0 Å². The summed E-state index contributed by atoms with van der Waals surface area (Å²) in [5, 5.41) is 1.89. The quantitative estimate of drug-likeness (QED) is 0.655. The van der Waals surface area contributed by atoms with E-state index in [1.165, 1.54) is 18.4 Å². The van der Waals surface area contributed by atoms with Gasteiger partial charge in [0, 0.05) is 19.6 Å². The first-order chi connectivity index (χ1) is 10.1. The zero-order valence-corrected chi connectivity index (χ0v) is 13.8. The lowest BCUT2D eigenvalue weighted by atomic mass is 10.3. The van der Waals surface area contributed by atoms with Gasteiger partial charge in [-0.2, -0.15) is 0 Å². The molecule has 1 aromatic rings. The molecule has 0 aromatic carbocycles.